The Labute approximate surface area is 97.9 Å². The van der Waals surface area contributed by atoms with Gasteiger partial charge < -0.3 is 5.32 Å². The molecule has 0 amide bonds. The lowest BCUT2D eigenvalue weighted by atomic mass is 10.3. The predicted octanol–water partition coefficient (Wildman–Crippen LogP) is 3.72. The zero-order valence-electron chi connectivity index (χ0n) is 8.33. The molecular formula is C11H11ClN2S. The van der Waals surface area contributed by atoms with Gasteiger partial charge in [0.2, 0.25) is 0 Å². The van der Waals surface area contributed by atoms with Gasteiger partial charge in [-0.3, -0.25) is 4.98 Å². The molecule has 0 aliphatic carbocycles. The van der Waals surface area contributed by atoms with E-state index in [0.29, 0.717) is 5.02 Å². The van der Waals surface area contributed by atoms with Crippen LogP contribution in [0.4, 0.5) is 5.69 Å². The molecule has 0 saturated heterocycles. The Morgan fingerprint density at radius 2 is 2.33 bits per heavy atom. The predicted molar refractivity (Wildman–Crippen MR) is 65.6 cm³/mol. The van der Waals surface area contributed by atoms with E-state index < -0.39 is 0 Å². The number of aromatic nitrogens is 1. The summed E-state index contributed by atoms with van der Waals surface area (Å²) in [6.07, 6.45) is 3.38. The summed E-state index contributed by atoms with van der Waals surface area (Å²) in [5, 5.41) is 6.05. The van der Waals surface area contributed by atoms with Crippen LogP contribution in [0.1, 0.15) is 10.4 Å². The van der Waals surface area contributed by atoms with Crippen LogP contribution >= 0.6 is 22.9 Å². The van der Waals surface area contributed by atoms with Crippen LogP contribution in [-0.4, -0.2) is 4.98 Å². The second-order valence-electron chi connectivity index (χ2n) is 3.24. The van der Waals surface area contributed by atoms with Crippen molar-refractivity contribution in [3.63, 3.8) is 0 Å². The van der Waals surface area contributed by atoms with Crippen LogP contribution in [0.2, 0.25) is 5.02 Å². The van der Waals surface area contributed by atoms with Gasteiger partial charge in [0.1, 0.15) is 0 Å². The second kappa shape index (κ2) is 4.64. The normalized spacial score (nSPS) is 10.3. The lowest BCUT2D eigenvalue weighted by molar-refractivity contribution is 1.16. The third-order valence-corrected chi connectivity index (χ3v) is 3.50. The van der Waals surface area contributed by atoms with Gasteiger partial charge in [-0.2, -0.15) is 0 Å². The summed E-state index contributed by atoms with van der Waals surface area (Å²) in [7, 11) is 0. The molecule has 0 bridgehead atoms. The summed E-state index contributed by atoms with van der Waals surface area (Å²) >= 11 is 7.74. The molecule has 0 radical (unpaired) electrons. The van der Waals surface area contributed by atoms with Crippen molar-refractivity contribution < 1.29 is 0 Å². The van der Waals surface area contributed by atoms with E-state index in [1.165, 1.54) is 10.4 Å². The van der Waals surface area contributed by atoms with Crippen LogP contribution in [0.5, 0.6) is 0 Å². The molecule has 0 aliphatic heterocycles. The number of aryl methyl sites for hydroxylation is 1. The van der Waals surface area contributed by atoms with Crippen molar-refractivity contribution in [2.45, 2.75) is 13.5 Å². The molecule has 2 rings (SSSR count). The van der Waals surface area contributed by atoms with E-state index in [4.69, 9.17) is 11.6 Å². The number of halogens is 1. The Morgan fingerprint density at radius 1 is 1.47 bits per heavy atom. The maximum Gasteiger partial charge on any atom is 0.0820 e. The van der Waals surface area contributed by atoms with Gasteiger partial charge in [-0.15, -0.1) is 11.3 Å². The molecule has 15 heavy (non-hydrogen) atoms. The minimum atomic E-state index is 0.659. The lowest BCUT2D eigenvalue weighted by Gasteiger charge is -2.06. The Kier molecular flexibility index (Phi) is 3.23. The molecule has 78 valence electrons. The number of thiophene rings is 1. The van der Waals surface area contributed by atoms with E-state index in [1.54, 1.807) is 23.7 Å². The topological polar surface area (TPSA) is 24.9 Å². The molecule has 1 N–H and O–H groups in total. The highest BCUT2D eigenvalue weighted by Crippen LogP contribution is 2.22. The van der Waals surface area contributed by atoms with Crippen LogP contribution in [0, 0.1) is 6.92 Å². The van der Waals surface area contributed by atoms with Crippen molar-refractivity contribution in [1.82, 2.24) is 4.98 Å². The molecular weight excluding hydrogens is 228 g/mol. The number of anilines is 1. The van der Waals surface area contributed by atoms with Crippen molar-refractivity contribution in [3.05, 3.63) is 45.4 Å². The third-order valence-electron chi connectivity index (χ3n) is 2.18. The first-order valence-electron chi connectivity index (χ1n) is 4.64. The monoisotopic (exact) mass is 238 g/mol. The molecule has 0 unspecified atom stereocenters. The van der Waals surface area contributed by atoms with E-state index >= 15 is 0 Å². The molecule has 2 heterocycles. The Hall–Kier alpha value is -1.06. The third kappa shape index (κ3) is 2.49. The van der Waals surface area contributed by atoms with E-state index in [1.807, 2.05) is 6.07 Å². The average Bonchev–Trinajstić information content (AvgIpc) is 2.63. The van der Waals surface area contributed by atoms with E-state index in [2.05, 4.69) is 28.7 Å². The summed E-state index contributed by atoms with van der Waals surface area (Å²) < 4.78 is 0. The zero-order chi connectivity index (χ0) is 10.7. The molecule has 2 nitrogen and oxygen atoms in total. The van der Waals surface area contributed by atoms with Crippen LogP contribution in [-0.2, 0) is 6.54 Å². The van der Waals surface area contributed by atoms with Gasteiger partial charge in [0.15, 0.2) is 0 Å². The van der Waals surface area contributed by atoms with Crippen LogP contribution in [0.3, 0.4) is 0 Å². The number of nitrogens with zero attached hydrogens (tertiary/aromatic N) is 1. The molecule has 2 aromatic rings. The first-order chi connectivity index (χ1) is 7.27. The van der Waals surface area contributed by atoms with Crippen molar-refractivity contribution in [1.29, 1.82) is 0 Å². The van der Waals surface area contributed by atoms with Crippen molar-refractivity contribution in [3.8, 4) is 0 Å². The Balaban J connectivity index is 2.06. The first kappa shape index (κ1) is 10.5. The molecule has 0 atom stereocenters. The zero-order valence-corrected chi connectivity index (χ0v) is 9.90. The number of hydrogen-bond acceptors (Lipinski definition) is 3. The molecule has 2 aromatic heterocycles. The molecule has 0 spiro atoms. The smallest absolute Gasteiger partial charge is 0.0820 e. The minimum Gasteiger partial charge on any atom is -0.379 e. The molecule has 0 aliphatic rings. The van der Waals surface area contributed by atoms with Crippen LogP contribution in [0.25, 0.3) is 0 Å². The SMILES string of the molecule is Cc1ccsc1CNc1ccncc1Cl. The average molecular weight is 239 g/mol. The van der Waals surface area contributed by atoms with Gasteiger partial charge in [-0.1, -0.05) is 11.6 Å². The summed E-state index contributed by atoms with van der Waals surface area (Å²) in [4.78, 5) is 5.27. The summed E-state index contributed by atoms with van der Waals surface area (Å²) in [5.41, 5.74) is 2.25. The maximum atomic E-state index is 5.98. The first-order valence-corrected chi connectivity index (χ1v) is 5.89. The number of rotatable bonds is 3. The fourth-order valence-electron chi connectivity index (χ4n) is 1.28. The quantitative estimate of drug-likeness (QED) is 0.882. The lowest BCUT2D eigenvalue weighted by Crippen LogP contribution is -1.99. The standard InChI is InChI=1S/C11H11ClN2S/c1-8-3-5-15-11(8)7-14-10-2-4-13-6-9(10)12/h2-6H,7H2,1H3,(H,13,14). The maximum absolute atomic E-state index is 5.98. The second-order valence-corrected chi connectivity index (χ2v) is 4.64. The molecule has 0 fully saturated rings. The number of pyridine rings is 1. The number of nitrogens with one attached hydrogen (secondary N) is 1. The highest BCUT2D eigenvalue weighted by molar-refractivity contribution is 7.10. The number of hydrogen-bond donors (Lipinski definition) is 1. The largest absolute Gasteiger partial charge is 0.379 e. The van der Waals surface area contributed by atoms with E-state index in [0.717, 1.165) is 12.2 Å². The van der Waals surface area contributed by atoms with Crippen LogP contribution in [0.15, 0.2) is 29.9 Å². The molecule has 0 saturated carbocycles. The summed E-state index contributed by atoms with van der Waals surface area (Å²) in [5.74, 6) is 0. The van der Waals surface area contributed by atoms with Gasteiger partial charge in [0.05, 0.1) is 10.7 Å². The Morgan fingerprint density at radius 3 is 3.00 bits per heavy atom. The molecule has 0 aromatic carbocycles. The van der Waals surface area contributed by atoms with E-state index in [9.17, 15) is 0 Å². The van der Waals surface area contributed by atoms with Crippen molar-refractivity contribution in [2.24, 2.45) is 0 Å². The fourth-order valence-corrected chi connectivity index (χ4v) is 2.31. The highest BCUT2D eigenvalue weighted by atomic mass is 35.5. The molecule has 4 heteroatoms. The highest BCUT2D eigenvalue weighted by Gasteiger charge is 2.01. The summed E-state index contributed by atoms with van der Waals surface area (Å²) in [6, 6.07) is 4.00. The van der Waals surface area contributed by atoms with Crippen molar-refractivity contribution in [2.75, 3.05) is 5.32 Å². The van der Waals surface area contributed by atoms with Gasteiger partial charge >= 0.3 is 0 Å². The van der Waals surface area contributed by atoms with Gasteiger partial charge in [0.25, 0.3) is 0 Å². The fraction of sp³-hybridized carbons (Fsp3) is 0.182. The van der Waals surface area contributed by atoms with Gasteiger partial charge in [-0.25, -0.2) is 0 Å². The minimum absolute atomic E-state index is 0.659. The van der Waals surface area contributed by atoms with E-state index in [-0.39, 0.29) is 0 Å². The summed E-state index contributed by atoms with van der Waals surface area (Å²) in [6.45, 7) is 2.93. The van der Waals surface area contributed by atoms with Gasteiger partial charge in [-0.05, 0) is 30.0 Å². The van der Waals surface area contributed by atoms with Crippen LogP contribution < -0.4 is 5.32 Å². The Bertz CT molecular complexity index is 453. The van der Waals surface area contributed by atoms with Crippen molar-refractivity contribution >= 4 is 28.6 Å². The van der Waals surface area contributed by atoms with Gasteiger partial charge in [0, 0.05) is 23.8 Å².